The third kappa shape index (κ3) is 1.91. The third-order valence-electron chi connectivity index (χ3n) is 4.14. The molecule has 0 bridgehead atoms. The highest BCUT2D eigenvalue weighted by atomic mass is 15.4. The van der Waals surface area contributed by atoms with Crippen LogP contribution < -0.4 is 5.32 Å². The number of hydrogen-bond acceptors (Lipinski definition) is 3. The molecule has 98 valence electrons. The van der Waals surface area contributed by atoms with Gasteiger partial charge in [0, 0.05) is 12.1 Å². The van der Waals surface area contributed by atoms with Crippen LogP contribution in [-0.2, 0) is 0 Å². The average molecular weight is 254 g/mol. The molecule has 1 aliphatic carbocycles. The second-order valence-corrected chi connectivity index (χ2v) is 5.69. The van der Waals surface area contributed by atoms with Crippen LogP contribution in [0.1, 0.15) is 30.9 Å². The van der Waals surface area contributed by atoms with Gasteiger partial charge in [-0.15, -0.1) is 5.10 Å². The highest BCUT2D eigenvalue weighted by Crippen LogP contribution is 2.43. The van der Waals surface area contributed by atoms with Crippen molar-refractivity contribution in [2.75, 3.05) is 11.9 Å². The van der Waals surface area contributed by atoms with Crippen LogP contribution in [0.2, 0.25) is 0 Å². The van der Waals surface area contributed by atoms with Crippen molar-refractivity contribution in [2.45, 2.75) is 32.2 Å². The molecule has 1 unspecified atom stereocenters. The van der Waals surface area contributed by atoms with E-state index in [1.165, 1.54) is 24.8 Å². The molecule has 2 heterocycles. The lowest BCUT2D eigenvalue weighted by Gasteiger charge is -2.23. The normalized spacial score (nSPS) is 21.8. The summed E-state index contributed by atoms with van der Waals surface area (Å²) in [6.07, 6.45) is 3.88. The summed E-state index contributed by atoms with van der Waals surface area (Å²) in [4.78, 5) is 4.65. The minimum absolute atomic E-state index is 0.558. The van der Waals surface area contributed by atoms with Crippen LogP contribution in [0.25, 0.3) is 11.4 Å². The Morgan fingerprint density at radius 2 is 1.95 bits per heavy atom. The van der Waals surface area contributed by atoms with Crippen molar-refractivity contribution in [1.29, 1.82) is 0 Å². The van der Waals surface area contributed by atoms with E-state index in [0.29, 0.717) is 6.04 Å². The molecule has 0 radical (unpaired) electrons. The van der Waals surface area contributed by atoms with Gasteiger partial charge >= 0.3 is 0 Å². The van der Waals surface area contributed by atoms with Gasteiger partial charge in [-0.1, -0.05) is 29.8 Å². The number of nitrogens with one attached hydrogen (secondary N) is 1. The molecule has 1 aliphatic heterocycles. The van der Waals surface area contributed by atoms with Crippen molar-refractivity contribution in [3.05, 3.63) is 29.8 Å². The van der Waals surface area contributed by atoms with Gasteiger partial charge in [-0.05, 0) is 32.1 Å². The van der Waals surface area contributed by atoms with Crippen LogP contribution in [0.15, 0.2) is 24.3 Å². The molecule has 19 heavy (non-hydrogen) atoms. The average Bonchev–Trinajstić information content (AvgIpc) is 3.17. The van der Waals surface area contributed by atoms with Crippen LogP contribution in [0.3, 0.4) is 0 Å². The van der Waals surface area contributed by atoms with E-state index in [4.69, 9.17) is 5.10 Å². The van der Waals surface area contributed by atoms with E-state index in [2.05, 4.69) is 46.2 Å². The van der Waals surface area contributed by atoms with Gasteiger partial charge in [0.2, 0.25) is 5.95 Å². The molecule has 0 saturated heterocycles. The van der Waals surface area contributed by atoms with Gasteiger partial charge in [0.05, 0.1) is 6.04 Å². The molecule has 1 aromatic carbocycles. The van der Waals surface area contributed by atoms with E-state index in [0.717, 1.165) is 29.8 Å². The predicted molar refractivity (Wildman–Crippen MR) is 75.1 cm³/mol. The smallest absolute Gasteiger partial charge is 0.221 e. The molecular formula is C15H18N4. The van der Waals surface area contributed by atoms with Gasteiger partial charge in [-0.3, -0.25) is 0 Å². The number of aryl methyl sites for hydroxylation is 1. The Balaban J connectivity index is 1.73. The van der Waals surface area contributed by atoms with Crippen molar-refractivity contribution >= 4 is 5.95 Å². The highest BCUT2D eigenvalue weighted by molar-refractivity contribution is 5.57. The van der Waals surface area contributed by atoms with E-state index in [1.807, 2.05) is 0 Å². The van der Waals surface area contributed by atoms with Crippen LogP contribution in [0.4, 0.5) is 5.95 Å². The Labute approximate surface area is 112 Å². The van der Waals surface area contributed by atoms with Crippen LogP contribution in [0.5, 0.6) is 0 Å². The van der Waals surface area contributed by atoms with Crippen LogP contribution in [0, 0.1) is 12.8 Å². The van der Waals surface area contributed by atoms with Crippen molar-refractivity contribution in [3.63, 3.8) is 0 Å². The van der Waals surface area contributed by atoms with Gasteiger partial charge in [0.25, 0.3) is 0 Å². The second kappa shape index (κ2) is 4.08. The summed E-state index contributed by atoms with van der Waals surface area (Å²) in [5, 5.41) is 8.10. The van der Waals surface area contributed by atoms with Gasteiger partial charge in [0.1, 0.15) is 0 Å². The number of anilines is 1. The summed E-state index contributed by atoms with van der Waals surface area (Å²) in [5.41, 5.74) is 2.37. The van der Waals surface area contributed by atoms with Crippen LogP contribution in [-0.4, -0.2) is 21.3 Å². The maximum Gasteiger partial charge on any atom is 0.221 e. The lowest BCUT2D eigenvalue weighted by atomic mass is 10.1. The first kappa shape index (κ1) is 11.0. The molecule has 4 heteroatoms. The van der Waals surface area contributed by atoms with Gasteiger partial charge in [-0.25, -0.2) is 4.68 Å². The second-order valence-electron chi connectivity index (χ2n) is 5.69. The van der Waals surface area contributed by atoms with E-state index >= 15 is 0 Å². The lowest BCUT2D eigenvalue weighted by Crippen LogP contribution is -2.25. The minimum atomic E-state index is 0.558. The fraction of sp³-hybridized carbons (Fsp3) is 0.467. The Kier molecular flexibility index (Phi) is 2.37. The first-order valence-electron chi connectivity index (χ1n) is 7.09. The molecule has 1 atom stereocenters. The molecule has 0 amide bonds. The summed E-state index contributed by atoms with van der Waals surface area (Å²) in [6.45, 7) is 3.12. The van der Waals surface area contributed by atoms with E-state index in [1.54, 1.807) is 0 Å². The quantitative estimate of drug-likeness (QED) is 0.895. The van der Waals surface area contributed by atoms with E-state index in [-0.39, 0.29) is 0 Å². The predicted octanol–water partition coefficient (Wildman–Crippen LogP) is 3.02. The molecule has 1 saturated carbocycles. The van der Waals surface area contributed by atoms with Crippen molar-refractivity contribution in [2.24, 2.45) is 5.92 Å². The fourth-order valence-electron chi connectivity index (χ4n) is 2.87. The zero-order valence-corrected chi connectivity index (χ0v) is 11.1. The Morgan fingerprint density at radius 3 is 2.68 bits per heavy atom. The summed E-state index contributed by atoms with van der Waals surface area (Å²) >= 11 is 0. The minimum Gasteiger partial charge on any atom is -0.354 e. The summed E-state index contributed by atoms with van der Waals surface area (Å²) < 4.78 is 2.12. The molecule has 4 rings (SSSR count). The Bertz CT molecular complexity index is 595. The van der Waals surface area contributed by atoms with Gasteiger partial charge < -0.3 is 5.32 Å². The molecule has 1 N–H and O–H groups in total. The maximum atomic E-state index is 4.74. The van der Waals surface area contributed by atoms with Crippen molar-refractivity contribution in [3.8, 4) is 11.4 Å². The third-order valence-corrected chi connectivity index (χ3v) is 4.14. The SMILES string of the molecule is Cc1ccc(-c2nc3n(n2)C(C2CC2)CCN3)cc1. The first-order valence-corrected chi connectivity index (χ1v) is 7.09. The van der Waals surface area contributed by atoms with E-state index in [9.17, 15) is 0 Å². The molecule has 1 fully saturated rings. The Morgan fingerprint density at radius 1 is 1.16 bits per heavy atom. The topological polar surface area (TPSA) is 42.7 Å². The highest BCUT2D eigenvalue weighted by Gasteiger charge is 2.36. The molecule has 4 nitrogen and oxygen atoms in total. The maximum absolute atomic E-state index is 4.74. The summed E-state index contributed by atoms with van der Waals surface area (Å²) in [7, 11) is 0. The van der Waals surface area contributed by atoms with Gasteiger partial charge in [-0.2, -0.15) is 4.98 Å². The number of nitrogens with zero attached hydrogens (tertiary/aromatic N) is 3. The molecule has 0 spiro atoms. The molecule has 2 aromatic rings. The molecular weight excluding hydrogens is 236 g/mol. The van der Waals surface area contributed by atoms with Crippen molar-refractivity contribution < 1.29 is 0 Å². The monoisotopic (exact) mass is 254 g/mol. The number of hydrogen-bond donors (Lipinski definition) is 1. The Hall–Kier alpha value is -1.84. The number of benzene rings is 1. The molecule has 2 aliphatic rings. The largest absolute Gasteiger partial charge is 0.354 e. The van der Waals surface area contributed by atoms with Crippen LogP contribution >= 0.6 is 0 Å². The first-order chi connectivity index (χ1) is 9.31. The fourth-order valence-corrected chi connectivity index (χ4v) is 2.87. The zero-order valence-electron chi connectivity index (χ0n) is 11.1. The standard InChI is InChI=1S/C15H18N4/c1-10-2-4-12(5-3-10)14-17-15-16-9-8-13(11-6-7-11)19(15)18-14/h2-5,11,13H,6-9H2,1H3,(H,16,17,18). The van der Waals surface area contributed by atoms with E-state index < -0.39 is 0 Å². The lowest BCUT2D eigenvalue weighted by molar-refractivity contribution is 0.375. The summed E-state index contributed by atoms with van der Waals surface area (Å²) in [5.74, 6) is 2.61. The number of aromatic nitrogens is 3. The molecule has 1 aromatic heterocycles. The van der Waals surface area contributed by atoms with Gasteiger partial charge in [0.15, 0.2) is 5.82 Å². The number of rotatable bonds is 2. The summed E-state index contributed by atoms with van der Waals surface area (Å²) in [6, 6.07) is 8.98. The zero-order chi connectivity index (χ0) is 12.8. The number of fused-ring (bicyclic) bond motifs is 1. The van der Waals surface area contributed by atoms with Crippen molar-refractivity contribution in [1.82, 2.24) is 14.8 Å².